The Bertz CT molecular complexity index is 805. The van der Waals surface area contributed by atoms with Gasteiger partial charge in [0.25, 0.3) is 0 Å². The van der Waals surface area contributed by atoms with E-state index < -0.39 is 12.1 Å². The average molecular weight is 389 g/mol. The van der Waals surface area contributed by atoms with Crippen LogP contribution >= 0.6 is 22.9 Å². The van der Waals surface area contributed by atoms with E-state index in [4.69, 9.17) is 16.7 Å². The third-order valence-electron chi connectivity index (χ3n) is 4.80. The second-order valence-electron chi connectivity index (χ2n) is 6.61. The molecule has 4 atom stereocenters. The molecule has 3 nitrogen and oxygen atoms in total. The molecule has 136 valence electrons. The molecule has 5 heteroatoms. The van der Waals surface area contributed by atoms with Gasteiger partial charge in [-0.3, -0.25) is 0 Å². The number of aliphatic hydroxyl groups is 1. The number of halogens is 1. The Morgan fingerprint density at radius 2 is 2.00 bits per heavy atom. The standard InChI is InChI=1S/C21H21ClO3S/c22-18-13-19(23)17(11-9-14-5-2-1-3-6-14)16(18)8-4-7-15-10-12-20(26-15)21(24)25/h1-3,5-6,10,12,16-19,23H,4,7-8,13H2,(H,24,25)/t16?,17-,18?,19?/m1/s1. The molecule has 1 aromatic carbocycles. The molecule has 0 amide bonds. The lowest BCUT2D eigenvalue weighted by Crippen LogP contribution is -2.19. The first-order valence-corrected chi connectivity index (χ1v) is 10.0. The molecule has 1 saturated carbocycles. The van der Waals surface area contributed by atoms with Gasteiger partial charge in [0.05, 0.1) is 12.0 Å². The highest BCUT2D eigenvalue weighted by atomic mass is 35.5. The normalized spacial score (nSPS) is 24.8. The molecule has 2 aromatic rings. The van der Waals surface area contributed by atoms with Crippen molar-refractivity contribution in [2.75, 3.05) is 0 Å². The molecule has 1 heterocycles. The largest absolute Gasteiger partial charge is 0.477 e. The molecule has 1 aliphatic rings. The SMILES string of the molecule is O=C(O)c1ccc(CCCC2C(Cl)CC(O)[C@@H]2C#Cc2ccccc2)s1. The first-order chi connectivity index (χ1) is 12.5. The number of carbonyl (C=O) groups is 1. The topological polar surface area (TPSA) is 57.5 Å². The minimum atomic E-state index is -0.878. The van der Waals surface area contributed by atoms with E-state index in [1.807, 2.05) is 36.4 Å². The van der Waals surface area contributed by atoms with E-state index in [2.05, 4.69) is 11.8 Å². The van der Waals surface area contributed by atoms with Crippen LogP contribution < -0.4 is 0 Å². The van der Waals surface area contributed by atoms with E-state index in [1.165, 1.54) is 11.3 Å². The number of rotatable bonds is 5. The van der Waals surface area contributed by atoms with Crippen LogP contribution in [0.3, 0.4) is 0 Å². The van der Waals surface area contributed by atoms with Crippen LogP contribution in [0.4, 0.5) is 0 Å². The smallest absolute Gasteiger partial charge is 0.345 e. The van der Waals surface area contributed by atoms with Crippen molar-refractivity contribution in [2.24, 2.45) is 11.8 Å². The van der Waals surface area contributed by atoms with Crippen molar-refractivity contribution in [1.82, 2.24) is 0 Å². The molecule has 0 radical (unpaired) electrons. The summed E-state index contributed by atoms with van der Waals surface area (Å²) in [5, 5.41) is 19.3. The van der Waals surface area contributed by atoms with Crippen molar-refractivity contribution in [1.29, 1.82) is 0 Å². The number of hydrogen-bond donors (Lipinski definition) is 2. The van der Waals surface area contributed by atoms with Crippen LogP contribution in [0, 0.1) is 23.7 Å². The molecule has 3 rings (SSSR count). The monoisotopic (exact) mass is 388 g/mol. The van der Waals surface area contributed by atoms with E-state index in [9.17, 15) is 9.90 Å². The Kier molecular flexibility index (Phi) is 6.37. The zero-order chi connectivity index (χ0) is 18.5. The van der Waals surface area contributed by atoms with Gasteiger partial charge >= 0.3 is 5.97 Å². The van der Waals surface area contributed by atoms with Crippen LogP contribution in [0.15, 0.2) is 42.5 Å². The zero-order valence-electron chi connectivity index (χ0n) is 14.3. The van der Waals surface area contributed by atoms with Crippen molar-refractivity contribution in [3.05, 3.63) is 57.8 Å². The number of aryl methyl sites for hydroxylation is 1. The Morgan fingerprint density at radius 1 is 1.23 bits per heavy atom. The molecule has 1 fully saturated rings. The lowest BCUT2D eigenvalue weighted by Gasteiger charge is -2.18. The molecule has 26 heavy (non-hydrogen) atoms. The van der Waals surface area contributed by atoms with Crippen LogP contribution in [0.1, 0.15) is 39.4 Å². The van der Waals surface area contributed by atoms with Crippen LogP contribution in [-0.4, -0.2) is 27.7 Å². The lowest BCUT2D eigenvalue weighted by molar-refractivity contribution is 0.0702. The van der Waals surface area contributed by atoms with Crippen molar-refractivity contribution in [3.8, 4) is 11.8 Å². The highest BCUT2D eigenvalue weighted by molar-refractivity contribution is 7.13. The Hall–Kier alpha value is -1.80. The highest BCUT2D eigenvalue weighted by Gasteiger charge is 2.40. The molecule has 3 unspecified atom stereocenters. The third-order valence-corrected chi connectivity index (χ3v) is 6.43. The molecule has 1 aromatic heterocycles. The van der Waals surface area contributed by atoms with Crippen LogP contribution in [-0.2, 0) is 6.42 Å². The van der Waals surface area contributed by atoms with Gasteiger partial charge in [0.15, 0.2) is 0 Å². The summed E-state index contributed by atoms with van der Waals surface area (Å²) >= 11 is 7.80. The van der Waals surface area contributed by atoms with Crippen LogP contribution in [0.5, 0.6) is 0 Å². The minimum absolute atomic E-state index is 0.0713. The second-order valence-corrected chi connectivity index (χ2v) is 8.34. The summed E-state index contributed by atoms with van der Waals surface area (Å²) < 4.78 is 0. The molecular formula is C21H21ClO3S. The number of benzene rings is 1. The van der Waals surface area contributed by atoms with Gasteiger partial charge in [0, 0.05) is 15.8 Å². The summed E-state index contributed by atoms with van der Waals surface area (Å²) in [5.74, 6) is 5.56. The van der Waals surface area contributed by atoms with E-state index in [-0.39, 0.29) is 17.2 Å². The quantitative estimate of drug-likeness (QED) is 0.588. The predicted molar refractivity (Wildman–Crippen MR) is 105 cm³/mol. The Morgan fingerprint density at radius 3 is 2.69 bits per heavy atom. The van der Waals surface area contributed by atoms with Crippen LogP contribution in [0.2, 0.25) is 0 Å². The second kappa shape index (κ2) is 8.73. The minimum Gasteiger partial charge on any atom is -0.477 e. The summed E-state index contributed by atoms with van der Waals surface area (Å²) in [4.78, 5) is 12.4. The first-order valence-electron chi connectivity index (χ1n) is 8.75. The molecule has 0 aliphatic heterocycles. The van der Waals surface area contributed by atoms with Gasteiger partial charge < -0.3 is 10.2 Å². The zero-order valence-corrected chi connectivity index (χ0v) is 15.8. The fraction of sp³-hybridized carbons (Fsp3) is 0.381. The van der Waals surface area contributed by atoms with Gasteiger partial charge in [-0.05, 0) is 55.9 Å². The average Bonchev–Trinajstić information content (AvgIpc) is 3.19. The summed E-state index contributed by atoms with van der Waals surface area (Å²) in [6.07, 6.45) is 2.69. The van der Waals surface area contributed by atoms with E-state index in [1.54, 1.807) is 6.07 Å². The number of carboxylic acid groups (broad SMARTS) is 1. The fourth-order valence-corrected chi connectivity index (χ4v) is 4.81. The van der Waals surface area contributed by atoms with E-state index >= 15 is 0 Å². The summed E-state index contributed by atoms with van der Waals surface area (Å²) in [7, 11) is 0. The van der Waals surface area contributed by atoms with Gasteiger partial charge in [-0.2, -0.15) is 0 Å². The van der Waals surface area contributed by atoms with E-state index in [0.29, 0.717) is 11.3 Å². The number of carboxylic acids is 1. The molecule has 2 N–H and O–H groups in total. The number of hydrogen-bond acceptors (Lipinski definition) is 3. The number of alkyl halides is 1. The molecule has 0 spiro atoms. The van der Waals surface area contributed by atoms with Gasteiger partial charge in [-0.1, -0.05) is 30.0 Å². The number of aromatic carboxylic acids is 1. The number of thiophene rings is 1. The van der Waals surface area contributed by atoms with E-state index in [0.717, 1.165) is 29.7 Å². The van der Waals surface area contributed by atoms with Gasteiger partial charge in [0.2, 0.25) is 0 Å². The van der Waals surface area contributed by atoms with Crippen molar-refractivity contribution in [3.63, 3.8) is 0 Å². The molecule has 0 saturated heterocycles. The van der Waals surface area contributed by atoms with Gasteiger partial charge in [0.1, 0.15) is 4.88 Å². The van der Waals surface area contributed by atoms with Crippen LogP contribution in [0.25, 0.3) is 0 Å². The highest BCUT2D eigenvalue weighted by Crippen LogP contribution is 2.39. The Balaban J connectivity index is 1.61. The predicted octanol–water partition coefficient (Wildman–Crippen LogP) is 4.43. The van der Waals surface area contributed by atoms with Gasteiger partial charge in [-0.15, -0.1) is 22.9 Å². The van der Waals surface area contributed by atoms with Crippen molar-refractivity contribution < 1.29 is 15.0 Å². The maximum Gasteiger partial charge on any atom is 0.345 e. The summed E-state index contributed by atoms with van der Waals surface area (Å²) in [5.41, 5.74) is 0.941. The molecule has 0 bridgehead atoms. The lowest BCUT2D eigenvalue weighted by atomic mass is 9.90. The summed E-state index contributed by atoms with van der Waals surface area (Å²) in [6.45, 7) is 0. The summed E-state index contributed by atoms with van der Waals surface area (Å²) in [6, 6.07) is 13.3. The van der Waals surface area contributed by atoms with Crippen molar-refractivity contribution >= 4 is 28.9 Å². The van der Waals surface area contributed by atoms with Crippen molar-refractivity contribution in [2.45, 2.75) is 37.2 Å². The maximum absolute atomic E-state index is 11.0. The third kappa shape index (κ3) is 4.67. The molecule has 1 aliphatic carbocycles. The number of aliphatic hydroxyl groups excluding tert-OH is 1. The van der Waals surface area contributed by atoms with Gasteiger partial charge in [-0.25, -0.2) is 4.79 Å². The Labute approximate surface area is 162 Å². The fourth-order valence-electron chi connectivity index (χ4n) is 3.45. The first kappa shape index (κ1) is 19.0. The maximum atomic E-state index is 11.0. The molecular weight excluding hydrogens is 368 g/mol.